The molecule has 0 unspecified atom stereocenters. The molecule has 31 heavy (non-hydrogen) atoms. The van der Waals surface area contributed by atoms with E-state index < -0.39 is 0 Å². The third kappa shape index (κ3) is 6.50. The molecular weight excluding hydrogens is 394 g/mol. The Kier molecular flexibility index (Phi) is 8.37. The van der Waals surface area contributed by atoms with E-state index in [-0.39, 0.29) is 11.2 Å². The quantitative estimate of drug-likeness (QED) is 0.404. The van der Waals surface area contributed by atoms with Gasteiger partial charge in [-0.15, -0.1) is 0 Å². The number of nitrogen functional groups attached to an aromatic ring is 1. The maximum Gasteiger partial charge on any atom is 0.328 e. The number of nitrogens with zero attached hydrogens (tertiary/aromatic N) is 5. The fourth-order valence-corrected chi connectivity index (χ4v) is 3.83. The van der Waals surface area contributed by atoms with Crippen molar-refractivity contribution in [1.82, 2.24) is 29.1 Å². The van der Waals surface area contributed by atoms with E-state index in [0.717, 1.165) is 31.5 Å². The van der Waals surface area contributed by atoms with Crippen LogP contribution in [0.5, 0.6) is 0 Å². The molecule has 0 radical (unpaired) electrons. The Labute approximate surface area is 181 Å². The fourth-order valence-electron chi connectivity index (χ4n) is 3.83. The average Bonchev–Trinajstić information content (AvgIpc) is 3.17. The van der Waals surface area contributed by atoms with Crippen LogP contribution in [0.25, 0.3) is 11.2 Å². The molecule has 3 rings (SSSR count). The first kappa shape index (κ1) is 22.7. The van der Waals surface area contributed by atoms with Crippen LogP contribution in [-0.4, -0.2) is 29.1 Å². The van der Waals surface area contributed by atoms with Gasteiger partial charge in [0, 0.05) is 24.8 Å². The van der Waals surface area contributed by atoms with Crippen molar-refractivity contribution in [3.8, 4) is 0 Å². The normalized spacial score (nSPS) is 11.4. The summed E-state index contributed by atoms with van der Waals surface area (Å²) in [6.45, 7) is 3.30. The van der Waals surface area contributed by atoms with Crippen molar-refractivity contribution in [2.45, 2.75) is 84.2 Å². The van der Waals surface area contributed by atoms with Gasteiger partial charge < -0.3 is 14.9 Å². The number of hydrogen-bond donors (Lipinski definition) is 2. The Balaban J connectivity index is 1.19. The second-order valence-corrected chi connectivity index (χ2v) is 8.17. The number of imidazole rings is 1. The topological polar surface area (TPSA) is 124 Å². The third-order valence-corrected chi connectivity index (χ3v) is 5.67. The van der Waals surface area contributed by atoms with Crippen LogP contribution in [0.4, 0.5) is 5.82 Å². The molecule has 0 amide bonds. The number of H-pyrrole nitrogens is 1. The molecule has 3 aromatic heterocycles. The molecule has 3 heterocycles. The van der Waals surface area contributed by atoms with Gasteiger partial charge in [-0.2, -0.15) is 0 Å². The minimum atomic E-state index is -0.311. The predicted octanol–water partition coefficient (Wildman–Crippen LogP) is 3.17. The monoisotopic (exact) mass is 427 g/mol. The molecule has 0 fully saturated rings. The highest BCUT2D eigenvalue weighted by atomic mass is 16.2. The van der Waals surface area contributed by atoms with Crippen LogP contribution in [0.2, 0.25) is 0 Å². The Morgan fingerprint density at radius 2 is 1.42 bits per heavy atom. The van der Waals surface area contributed by atoms with Gasteiger partial charge in [0.15, 0.2) is 11.5 Å². The fraction of sp³-hybridized carbons (Fsp3) is 0.591. The lowest BCUT2D eigenvalue weighted by Crippen LogP contribution is -2.30. The molecule has 0 aliphatic rings. The number of aromatic amines is 1. The van der Waals surface area contributed by atoms with E-state index in [2.05, 4.69) is 24.5 Å². The number of nitrogens with one attached hydrogen (secondary N) is 1. The predicted molar refractivity (Wildman–Crippen MR) is 122 cm³/mol. The highest BCUT2D eigenvalue weighted by Gasteiger charge is 2.07. The molecule has 0 aliphatic heterocycles. The molecule has 0 spiro atoms. The Bertz CT molecular complexity index is 1080. The smallest absolute Gasteiger partial charge is 0.328 e. The zero-order chi connectivity index (χ0) is 22.1. The van der Waals surface area contributed by atoms with Gasteiger partial charge in [0.2, 0.25) is 0 Å². The van der Waals surface area contributed by atoms with Crippen LogP contribution in [0.1, 0.15) is 69.8 Å². The molecular formula is C22H33N7O2. The second kappa shape index (κ2) is 11.4. The van der Waals surface area contributed by atoms with Gasteiger partial charge in [-0.3, -0.25) is 9.78 Å². The molecule has 0 saturated carbocycles. The van der Waals surface area contributed by atoms with Gasteiger partial charge in [-0.25, -0.2) is 19.7 Å². The van der Waals surface area contributed by atoms with Gasteiger partial charge in [-0.1, -0.05) is 51.4 Å². The molecule has 0 atom stereocenters. The van der Waals surface area contributed by atoms with Crippen LogP contribution < -0.4 is 17.0 Å². The summed E-state index contributed by atoms with van der Waals surface area (Å²) in [5.74, 6) is 0.434. The van der Waals surface area contributed by atoms with Crippen molar-refractivity contribution in [2.75, 3.05) is 5.73 Å². The lowest BCUT2D eigenvalue weighted by molar-refractivity contribution is 0.517. The number of rotatable bonds is 13. The summed E-state index contributed by atoms with van der Waals surface area (Å²) in [5, 5.41) is 0. The molecule has 9 heteroatoms. The van der Waals surface area contributed by atoms with Gasteiger partial charge >= 0.3 is 5.69 Å². The van der Waals surface area contributed by atoms with Crippen molar-refractivity contribution in [2.24, 2.45) is 0 Å². The Hall–Kier alpha value is -2.97. The van der Waals surface area contributed by atoms with E-state index in [1.54, 1.807) is 24.0 Å². The zero-order valence-corrected chi connectivity index (χ0v) is 18.3. The van der Waals surface area contributed by atoms with E-state index in [1.807, 2.05) is 0 Å². The molecule has 0 aromatic carbocycles. The van der Waals surface area contributed by atoms with Crippen molar-refractivity contribution >= 4 is 17.0 Å². The number of nitrogens with two attached hydrogens (primary N) is 1. The average molecular weight is 428 g/mol. The molecule has 3 N–H and O–H groups in total. The first-order valence-electron chi connectivity index (χ1n) is 11.3. The van der Waals surface area contributed by atoms with Crippen molar-refractivity contribution in [3.05, 3.63) is 45.3 Å². The van der Waals surface area contributed by atoms with E-state index in [0.29, 0.717) is 23.4 Å². The molecule has 3 aromatic rings. The molecule has 0 aliphatic carbocycles. The number of unbranched alkanes of at least 4 members (excludes halogenated alkanes) is 9. The minimum absolute atomic E-state index is 0.295. The van der Waals surface area contributed by atoms with E-state index in [9.17, 15) is 9.59 Å². The highest BCUT2D eigenvalue weighted by molar-refractivity contribution is 5.80. The van der Waals surface area contributed by atoms with E-state index >= 15 is 0 Å². The number of aryl methyl sites for hydroxylation is 3. The largest absolute Gasteiger partial charge is 0.382 e. The van der Waals surface area contributed by atoms with E-state index in [4.69, 9.17) is 5.73 Å². The summed E-state index contributed by atoms with van der Waals surface area (Å²) in [5.41, 5.74) is 7.29. The summed E-state index contributed by atoms with van der Waals surface area (Å²) >= 11 is 0. The summed E-state index contributed by atoms with van der Waals surface area (Å²) in [6, 6.07) is 0. The summed E-state index contributed by atoms with van der Waals surface area (Å²) in [7, 11) is 0. The second-order valence-electron chi connectivity index (χ2n) is 8.17. The number of hydrogen-bond acceptors (Lipinski definition) is 6. The van der Waals surface area contributed by atoms with Gasteiger partial charge in [0.1, 0.15) is 11.8 Å². The van der Waals surface area contributed by atoms with E-state index in [1.165, 1.54) is 51.3 Å². The molecule has 0 saturated heterocycles. The van der Waals surface area contributed by atoms with Crippen LogP contribution in [0.15, 0.2) is 28.4 Å². The molecule has 168 valence electrons. The maximum atomic E-state index is 11.7. The lowest BCUT2D eigenvalue weighted by Gasteiger charge is -2.06. The number of fused-ring (bicyclic) bond motifs is 1. The number of anilines is 1. The van der Waals surface area contributed by atoms with Crippen LogP contribution in [0.3, 0.4) is 0 Å². The number of aromatic nitrogens is 6. The third-order valence-electron chi connectivity index (χ3n) is 5.67. The lowest BCUT2D eigenvalue weighted by atomic mass is 10.1. The summed E-state index contributed by atoms with van der Waals surface area (Å²) < 4.78 is 3.65. The minimum Gasteiger partial charge on any atom is -0.382 e. The Morgan fingerprint density at radius 1 is 0.839 bits per heavy atom. The van der Waals surface area contributed by atoms with Gasteiger partial charge in [0.05, 0.1) is 6.33 Å². The van der Waals surface area contributed by atoms with Crippen molar-refractivity contribution in [1.29, 1.82) is 0 Å². The Morgan fingerprint density at radius 3 is 2.06 bits per heavy atom. The first-order chi connectivity index (χ1) is 15.1. The van der Waals surface area contributed by atoms with Crippen LogP contribution in [0, 0.1) is 6.92 Å². The van der Waals surface area contributed by atoms with Crippen molar-refractivity contribution < 1.29 is 0 Å². The zero-order valence-electron chi connectivity index (χ0n) is 18.3. The standard InChI is InChI=1S/C22H33N7O2/c1-17-14-28(22(31)27-21(17)30)12-10-8-6-4-2-3-5-7-9-11-13-29-16-26-18-19(23)24-15-25-20(18)29/h14-16H,2-13H2,1H3,(H2,23,24,25)(H,27,30,31). The summed E-state index contributed by atoms with van der Waals surface area (Å²) in [4.78, 5) is 38.0. The SMILES string of the molecule is Cc1cn(CCCCCCCCCCCCn2cnc3c(N)ncnc32)c(=O)[nH]c1=O. The van der Waals surface area contributed by atoms with Crippen molar-refractivity contribution in [3.63, 3.8) is 0 Å². The molecule has 9 nitrogen and oxygen atoms in total. The van der Waals surface area contributed by atoms with Gasteiger partial charge in [0.25, 0.3) is 5.56 Å². The summed E-state index contributed by atoms with van der Waals surface area (Å²) in [6.07, 6.45) is 16.8. The first-order valence-corrected chi connectivity index (χ1v) is 11.3. The van der Waals surface area contributed by atoms with Crippen LogP contribution in [-0.2, 0) is 13.1 Å². The highest BCUT2D eigenvalue weighted by Crippen LogP contribution is 2.16. The van der Waals surface area contributed by atoms with Gasteiger partial charge in [-0.05, 0) is 19.8 Å². The van der Waals surface area contributed by atoms with Crippen LogP contribution >= 0.6 is 0 Å². The molecule has 0 bridgehead atoms. The maximum absolute atomic E-state index is 11.7.